The molecule has 21 heavy (non-hydrogen) atoms. The van der Waals surface area contributed by atoms with Crippen LogP contribution in [0.25, 0.3) is 0 Å². The van der Waals surface area contributed by atoms with E-state index in [1.54, 1.807) is 12.1 Å². The molecule has 1 aromatic rings. The summed E-state index contributed by atoms with van der Waals surface area (Å²) in [6.07, 6.45) is 3.58. The molecule has 0 amide bonds. The van der Waals surface area contributed by atoms with Gasteiger partial charge in [-0.3, -0.25) is 0 Å². The second-order valence-corrected chi connectivity index (χ2v) is 6.54. The zero-order valence-corrected chi connectivity index (χ0v) is 12.8. The van der Waals surface area contributed by atoms with Gasteiger partial charge in [0.15, 0.2) is 5.69 Å². The van der Waals surface area contributed by atoms with E-state index >= 15 is 0 Å². The van der Waals surface area contributed by atoms with E-state index in [9.17, 15) is 9.90 Å². The molecule has 1 saturated carbocycles. The highest BCUT2D eigenvalue weighted by Crippen LogP contribution is 2.40. The maximum absolute atomic E-state index is 11.3. The number of esters is 1. The van der Waals surface area contributed by atoms with Gasteiger partial charge in [-0.25, -0.2) is 4.79 Å². The fraction of sp³-hybridized carbons (Fsp3) is 0.667. The third-order valence-electron chi connectivity index (χ3n) is 4.19. The van der Waals surface area contributed by atoms with Crippen LogP contribution in [0.15, 0.2) is 12.1 Å². The minimum atomic E-state index is -0.696. The van der Waals surface area contributed by atoms with Gasteiger partial charge in [0.25, 0.3) is 0 Å². The van der Waals surface area contributed by atoms with Gasteiger partial charge < -0.3 is 15.2 Å². The Morgan fingerprint density at radius 3 is 2.48 bits per heavy atom. The van der Waals surface area contributed by atoms with E-state index in [4.69, 9.17) is 0 Å². The lowest BCUT2D eigenvalue weighted by Gasteiger charge is -2.40. The second kappa shape index (κ2) is 5.97. The summed E-state index contributed by atoms with van der Waals surface area (Å²) in [7, 11) is 1.30. The molecule has 0 saturated heterocycles. The third-order valence-corrected chi connectivity index (χ3v) is 4.19. The van der Waals surface area contributed by atoms with Crippen LogP contribution in [0.2, 0.25) is 0 Å². The first-order valence-corrected chi connectivity index (χ1v) is 7.22. The normalized spacial score (nSPS) is 19.8. The molecule has 1 fully saturated rings. The summed E-state index contributed by atoms with van der Waals surface area (Å²) in [6, 6.07) is 3.21. The standard InChI is InChI=1S/C15H23N3O3/c1-14(2)6-8-15(20,9-7-14)10-16-12-5-4-11(17-18-12)13(19)21-3/h4-5,20H,6-10H2,1-3H3,(H,16,18). The quantitative estimate of drug-likeness (QED) is 0.826. The monoisotopic (exact) mass is 293 g/mol. The number of anilines is 1. The Hall–Kier alpha value is -1.69. The van der Waals surface area contributed by atoms with E-state index in [1.165, 1.54) is 7.11 Å². The molecule has 1 heterocycles. The van der Waals surface area contributed by atoms with Crippen molar-refractivity contribution >= 4 is 11.8 Å². The van der Waals surface area contributed by atoms with Crippen LogP contribution in [0.4, 0.5) is 5.82 Å². The molecular weight excluding hydrogens is 270 g/mol. The Labute approximate surface area is 124 Å². The molecule has 6 heteroatoms. The fourth-order valence-corrected chi connectivity index (χ4v) is 2.46. The molecule has 0 radical (unpaired) electrons. The first-order valence-electron chi connectivity index (χ1n) is 7.22. The van der Waals surface area contributed by atoms with Crippen LogP contribution in [0.3, 0.4) is 0 Å². The van der Waals surface area contributed by atoms with Gasteiger partial charge in [-0.05, 0) is 43.2 Å². The van der Waals surface area contributed by atoms with Gasteiger partial charge >= 0.3 is 5.97 Å². The molecule has 0 aliphatic heterocycles. The number of ether oxygens (including phenoxy) is 1. The zero-order chi connectivity index (χ0) is 15.5. The van der Waals surface area contributed by atoms with Crippen LogP contribution in [0.5, 0.6) is 0 Å². The van der Waals surface area contributed by atoms with Crippen molar-refractivity contribution in [1.82, 2.24) is 10.2 Å². The molecule has 2 rings (SSSR count). The number of rotatable bonds is 4. The van der Waals surface area contributed by atoms with Crippen molar-refractivity contribution in [3.05, 3.63) is 17.8 Å². The van der Waals surface area contributed by atoms with Crippen molar-refractivity contribution in [1.29, 1.82) is 0 Å². The zero-order valence-electron chi connectivity index (χ0n) is 12.8. The number of hydrogen-bond acceptors (Lipinski definition) is 6. The highest BCUT2D eigenvalue weighted by molar-refractivity contribution is 5.86. The molecule has 1 aromatic heterocycles. The van der Waals surface area contributed by atoms with E-state index in [0.29, 0.717) is 17.8 Å². The van der Waals surface area contributed by atoms with Gasteiger partial charge in [-0.2, -0.15) is 0 Å². The Morgan fingerprint density at radius 2 is 1.95 bits per heavy atom. The van der Waals surface area contributed by atoms with Gasteiger partial charge in [0, 0.05) is 6.54 Å². The Bertz CT molecular complexity index is 489. The average molecular weight is 293 g/mol. The number of aromatic nitrogens is 2. The lowest BCUT2D eigenvalue weighted by molar-refractivity contribution is -0.0146. The third kappa shape index (κ3) is 4.14. The number of carbonyl (C=O) groups is 1. The predicted molar refractivity (Wildman–Crippen MR) is 79.1 cm³/mol. The topological polar surface area (TPSA) is 84.3 Å². The maximum Gasteiger partial charge on any atom is 0.358 e. The summed E-state index contributed by atoms with van der Waals surface area (Å²) in [5, 5.41) is 21.4. The van der Waals surface area contributed by atoms with Crippen LogP contribution < -0.4 is 5.32 Å². The van der Waals surface area contributed by atoms with Crippen molar-refractivity contribution in [3.8, 4) is 0 Å². The van der Waals surface area contributed by atoms with E-state index in [-0.39, 0.29) is 5.69 Å². The van der Waals surface area contributed by atoms with Gasteiger partial charge in [0.2, 0.25) is 0 Å². The molecule has 116 valence electrons. The van der Waals surface area contributed by atoms with Crippen molar-refractivity contribution in [3.63, 3.8) is 0 Å². The minimum Gasteiger partial charge on any atom is -0.464 e. The molecular formula is C15H23N3O3. The number of aliphatic hydroxyl groups is 1. The Morgan fingerprint density at radius 1 is 1.29 bits per heavy atom. The summed E-state index contributed by atoms with van der Waals surface area (Å²) in [4.78, 5) is 11.3. The molecule has 0 spiro atoms. The van der Waals surface area contributed by atoms with Gasteiger partial charge in [0.05, 0.1) is 12.7 Å². The largest absolute Gasteiger partial charge is 0.464 e. The van der Waals surface area contributed by atoms with Crippen LogP contribution in [-0.2, 0) is 4.74 Å². The molecule has 1 aliphatic rings. The minimum absolute atomic E-state index is 0.168. The number of hydrogen-bond donors (Lipinski definition) is 2. The van der Waals surface area contributed by atoms with E-state index in [0.717, 1.165) is 25.7 Å². The Kier molecular flexibility index (Phi) is 4.46. The van der Waals surface area contributed by atoms with Crippen LogP contribution in [-0.4, -0.2) is 40.5 Å². The summed E-state index contributed by atoms with van der Waals surface area (Å²) in [5.74, 6) is 0.0307. The number of nitrogens with one attached hydrogen (secondary N) is 1. The van der Waals surface area contributed by atoms with Crippen molar-refractivity contribution in [2.24, 2.45) is 5.41 Å². The second-order valence-electron chi connectivity index (χ2n) is 6.54. The predicted octanol–water partition coefficient (Wildman–Crippen LogP) is 2.01. The molecule has 2 N–H and O–H groups in total. The van der Waals surface area contributed by atoms with Crippen molar-refractivity contribution in [2.45, 2.75) is 45.1 Å². The summed E-state index contributed by atoms with van der Waals surface area (Å²) < 4.78 is 4.56. The van der Waals surface area contributed by atoms with Crippen molar-refractivity contribution < 1.29 is 14.6 Å². The highest BCUT2D eigenvalue weighted by atomic mass is 16.5. The van der Waals surface area contributed by atoms with E-state index in [1.807, 2.05) is 0 Å². The molecule has 1 aliphatic carbocycles. The molecule has 0 aromatic carbocycles. The Balaban J connectivity index is 1.90. The smallest absolute Gasteiger partial charge is 0.358 e. The van der Waals surface area contributed by atoms with Crippen LogP contribution >= 0.6 is 0 Å². The maximum atomic E-state index is 11.3. The van der Waals surface area contributed by atoms with E-state index in [2.05, 4.69) is 34.1 Å². The molecule has 0 atom stereocenters. The van der Waals surface area contributed by atoms with Crippen molar-refractivity contribution in [2.75, 3.05) is 19.0 Å². The first kappa shape index (κ1) is 15.7. The lowest BCUT2D eigenvalue weighted by Crippen LogP contribution is -2.42. The van der Waals surface area contributed by atoms with Gasteiger partial charge in [0.1, 0.15) is 5.82 Å². The summed E-state index contributed by atoms with van der Waals surface area (Å²) in [6.45, 7) is 4.91. The van der Waals surface area contributed by atoms with E-state index < -0.39 is 11.6 Å². The van der Waals surface area contributed by atoms with Gasteiger partial charge in [-0.1, -0.05) is 13.8 Å². The number of methoxy groups -OCH3 is 1. The molecule has 6 nitrogen and oxygen atoms in total. The fourth-order valence-electron chi connectivity index (χ4n) is 2.46. The SMILES string of the molecule is COC(=O)c1ccc(NCC2(O)CCC(C)(C)CC2)nn1. The number of nitrogens with zero attached hydrogens (tertiary/aromatic N) is 2. The van der Waals surface area contributed by atoms with Gasteiger partial charge in [-0.15, -0.1) is 10.2 Å². The lowest BCUT2D eigenvalue weighted by atomic mass is 9.71. The number of carbonyl (C=O) groups excluding carboxylic acids is 1. The molecule has 0 bridgehead atoms. The van der Waals surface area contributed by atoms with Crippen LogP contribution in [0.1, 0.15) is 50.0 Å². The average Bonchev–Trinajstić information content (AvgIpc) is 2.49. The highest BCUT2D eigenvalue weighted by Gasteiger charge is 2.36. The molecule has 0 unspecified atom stereocenters. The summed E-state index contributed by atoms with van der Waals surface area (Å²) in [5.41, 5.74) is -0.215. The first-order chi connectivity index (χ1) is 9.84. The van der Waals surface area contributed by atoms with Crippen LogP contribution in [0, 0.1) is 5.41 Å². The summed E-state index contributed by atoms with van der Waals surface area (Å²) >= 11 is 0.